The molecule has 0 saturated carbocycles. The maximum Gasteiger partial charge on any atom is 0.0178 e. The van der Waals surface area contributed by atoms with Crippen molar-refractivity contribution in [3.05, 3.63) is 56.5 Å². The monoisotopic (exact) mass is 630 g/mol. The first-order valence-corrected chi connectivity index (χ1v) is 17.4. The molecule has 3 rings (SSSR count). The van der Waals surface area contributed by atoms with Crippen LogP contribution in [0.15, 0.2) is 45.3 Å². The Morgan fingerprint density at radius 2 is 0.784 bits per heavy atom. The minimum atomic E-state index is 0.551. The van der Waals surface area contributed by atoms with Crippen LogP contribution in [0.4, 0.5) is 0 Å². The lowest BCUT2D eigenvalue weighted by atomic mass is 9.91. The second-order valence-corrected chi connectivity index (χ2v) is 13.4. The van der Waals surface area contributed by atoms with Gasteiger partial charge in [0.1, 0.15) is 0 Å². The second-order valence-electron chi connectivity index (χ2n) is 11.5. The van der Waals surface area contributed by atoms with E-state index in [0.29, 0.717) is 5.92 Å². The molecule has 206 valence electrons. The van der Waals surface area contributed by atoms with E-state index in [0.717, 1.165) is 0 Å². The highest BCUT2D eigenvalue weighted by atomic mass is 79.9. The fourth-order valence-electron chi connectivity index (χ4n) is 6.22. The summed E-state index contributed by atoms with van der Waals surface area (Å²) in [6.45, 7) is 2.30. The molecule has 0 fully saturated rings. The van der Waals surface area contributed by atoms with E-state index in [-0.39, 0.29) is 0 Å². The van der Waals surface area contributed by atoms with Gasteiger partial charge in [-0.2, -0.15) is 0 Å². The van der Waals surface area contributed by atoms with Gasteiger partial charge in [-0.05, 0) is 52.9 Å². The van der Waals surface area contributed by atoms with Crippen molar-refractivity contribution in [3.8, 4) is 11.1 Å². The maximum absolute atomic E-state index is 3.70. The zero-order valence-electron chi connectivity index (χ0n) is 23.6. The fraction of sp³-hybridized carbons (Fsp3) is 0.657. The lowest BCUT2D eigenvalue weighted by Crippen LogP contribution is -1.97. The first-order chi connectivity index (χ1) is 18.2. The van der Waals surface area contributed by atoms with E-state index in [4.69, 9.17) is 0 Å². The average Bonchev–Trinajstić information content (AvgIpc) is 3.19. The molecule has 0 aliphatic heterocycles. The van der Waals surface area contributed by atoms with E-state index in [1.54, 1.807) is 0 Å². The average molecular weight is 633 g/mol. The van der Waals surface area contributed by atoms with Gasteiger partial charge in [-0.15, -0.1) is 0 Å². The summed E-state index contributed by atoms with van der Waals surface area (Å²) in [4.78, 5) is 0. The molecule has 1 aliphatic rings. The molecule has 0 aromatic heterocycles. The Morgan fingerprint density at radius 1 is 0.459 bits per heavy atom. The molecule has 0 unspecified atom stereocenters. The Balaban J connectivity index is 1.15. The third-order valence-corrected chi connectivity index (χ3v) is 9.40. The third kappa shape index (κ3) is 11.2. The number of rotatable bonds is 21. The van der Waals surface area contributed by atoms with Gasteiger partial charge < -0.3 is 0 Å². The van der Waals surface area contributed by atoms with E-state index in [9.17, 15) is 0 Å². The van der Waals surface area contributed by atoms with Crippen molar-refractivity contribution in [2.24, 2.45) is 0 Å². The summed E-state index contributed by atoms with van der Waals surface area (Å²) in [6, 6.07) is 13.7. The van der Waals surface area contributed by atoms with Crippen LogP contribution in [-0.4, -0.2) is 0 Å². The summed E-state index contributed by atoms with van der Waals surface area (Å²) in [5, 5.41) is 0. The highest BCUT2D eigenvalue weighted by Gasteiger charge is 2.28. The summed E-state index contributed by atoms with van der Waals surface area (Å²) >= 11 is 7.40. The lowest BCUT2D eigenvalue weighted by molar-refractivity contribution is 0.518. The van der Waals surface area contributed by atoms with E-state index in [2.05, 4.69) is 75.2 Å². The van der Waals surface area contributed by atoms with Crippen LogP contribution >= 0.6 is 31.9 Å². The van der Waals surface area contributed by atoms with Crippen molar-refractivity contribution in [2.45, 2.75) is 148 Å². The number of unbranched alkanes of at least 4 members (excludes halogenated alkanes) is 19. The van der Waals surface area contributed by atoms with Gasteiger partial charge in [0.15, 0.2) is 0 Å². The third-order valence-electron chi connectivity index (χ3n) is 8.41. The van der Waals surface area contributed by atoms with Gasteiger partial charge in [-0.25, -0.2) is 0 Å². The molecular formula is C35H52Br2. The minimum Gasteiger partial charge on any atom is -0.0654 e. The molecule has 0 bridgehead atoms. The van der Waals surface area contributed by atoms with Crippen LogP contribution in [0.1, 0.15) is 159 Å². The molecule has 37 heavy (non-hydrogen) atoms. The van der Waals surface area contributed by atoms with Crippen molar-refractivity contribution < 1.29 is 0 Å². The van der Waals surface area contributed by atoms with Crippen LogP contribution in [0.25, 0.3) is 11.1 Å². The quantitative estimate of drug-likeness (QED) is 0.120. The van der Waals surface area contributed by atoms with Crippen LogP contribution in [0, 0.1) is 0 Å². The Morgan fingerprint density at radius 3 is 1.14 bits per heavy atom. The van der Waals surface area contributed by atoms with Crippen molar-refractivity contribution in [2.75, 3.05) is 0 Å². The van der Waals surface area contributed by atoms with E-state index >= 15 is 0 Å². The predicted molar refractivity (Wildman–Crippen MR) is 172 cm³/mol. The first kappa shape index (κ1) is 30.9. The Kier molecular flexibility index (Phi) is 15.6. The van der Waals surface area contributed by atoms with Crippen molar-refractivity contribution in [1.82, 2.24) is 0 Å². The van der Waals surface area contributed by atoms with Crippen molar-refractivity contribution >= 4 is 31.9 Å². The summed E-state index contributed by atoms with van der Waals surface area (Å²) < 4.78 is 2.40. The first-order valence-electron chi connectivity index (χ1n) is 15.8. The van der Waals surface area contributed by atoms with E-state index in [1.807, 2.05) is 0 Å². The molecular weight excluding hydrogens is 580 g/mol. The Labute approximate surface area is 246 Å². The van der Waals surface area contributed by atoms with Crippen LogP contribution in [0.5, 0.6) is 0 Å². The van der Waals surface area contributed by atoms with Crippen molar-refractivity contribution in [3.63, 3.8) is 0 Å². The Bertz CT molecular complexity index is 835. The highest BCUT2D eigenvalue weighted by Crippen LogP contribution is 2.48. The molecule has 0 atom stereocenters. The zero-order chi connectivity index (χ0) is 26.1. The molecule has 0 N–H and O–H groups in total. The van der Waals surface area contributed by atoms with Crippen LogP contribution in [-0.2, 0) is 0 Å². The van der Waals surface area contributed by atoms with Gasteiger partial charge in [0.2, 0.25) is 0 Å². The zero-order valence-corrected chi connectivity index (χ0v) is 26.8. The topological polar surface area (TPSA) is 0 Å². The summed E-state index contributed by atoms with van der Waals surface area (Å²) in [5.74, 6) is 0.551. The number of fused-ring (bicyclic) bond motifs is 3. The molecule has 0 spiro atoms. The Hall–Kier alpha value is -0.600. The molecule has 0 radical (unpaired) electrons. The van der Waals surface area contributed by atoms with Crippen LogP contribution < -0.4 is 0 Å². The predicted octanol–water partition coefficient (Wildman–Crippen LogP) is 13.5. The molecule has 0 amide bonds. The summed E-state index contributed by atoms with van der Waals surface area (Å²) in [7, 11) is 0. The van der Waals surface area contributed by atoms with Crippen LogP contribution in [0.2, 0.25) is 0 Å². The molecule has 2 aromatic rings. The van der Waals surface area contributed by atoms with Gasteiger partial charge >= 0.3 is 0 Å². The SMILES string of the molecule is CCCCCCCCCCCCCCCCCCCCCCC1c2cc(Br)ccc2-c2ccc(Br)cc21. The molecule has 2 heteroatoms. The standard InChI is InChI=1S/C35H52Br2/c1-2-3-4-5-6-7-8-9-10-11-12-13-14-15-16-17-18-19-20-21-22-31-34-27-29(36)23-25-32(34)33-26-24-30(37)28-35(31)33/h23-28,31H,2-22H2,1H3. The van der Waals surface area contributed by atoms with Gasteiger partial charge in [-0.1, -0.05) is 179 Å². The normalized spacial score (nSPS) is 12.7. The smallest absolute Gasteiger partial charge is 0.0178 e. The van der Waals surface area contributed by atoms with Crippen molar-refractivity contribution in [1.29, 1.82) is 0 Å². The van der Waals surface area contributed by atoms with Gasteiger partial charge in [0.05, 0.1) is 0 Å². The molecule has 0 heterocycles. The number of halogens is 2. The van der Waals surface area contributed by atoms with Gasteiger partial charge in [-0.3, -0.25) is 0 Å². The molecule has 2 aromatic carbocycles. The number of hydrogen-bond acceptors (Lipinski definition) is 0. The van der Waals surface area contributed by atoms with Crippen LogP contribution in [0.3, 0.4) is 0 Å². The van der Waals surface area contributed by atoms with E-state index in [1.165, 1.54) is 166 Å². The minimum absolute atomic E-state index is 0.551. The highest BCUT2D eigenvalue weighted by molar-refractivity contribution is 9.10. The second kappa shape index (κ2) is 18.6. The maximum atomic E-state index is 3.70. The van der Waals surface area contributed by atoms with Gasteiger partial charge in [0, 0.05) is 14.9 Å². The van der Waals surface area contributed by atoms with Gasteiger partial charge in [0.25, 0.3) is 0 Å². The molecule has 0 nitrogen and oxygen atoms in total. The fourth-order valence-corrected chi connectivity index (χ4v) is 6.97. The molecule has 1 aliphatic carbocycles. The molecule has 0 saturated heterocycles. The number of hydrogen-bond donors (Lipinski definition) is 0. The number of benzene rings is 2. The summed E-state index contributed by atoms with van der Waals surface area (Å²) in [6.07, 6.45) is 30.1. The lowest BCUT2D eigenvalue weighted by Gasteiger charge is -2.14. The summed E-state index contributed by atoms with van der Waals surface area (Å²) in [5.41, 5.74) is 5.90. The van der Waals surface area contributed by atoms with E-state index < -0.39 is 0 Å². The largest absolute Gasteiger partial charge is 0.0654 e.